The van der Waals surface area contributed by atoms with Crippen LogP contribution in [0.2, 0.25) is 10.0 Å². The van der Waals surface area contributed by atoms with Crippen molar-refractivity contribution >= 4 is 55.6 Å². The third kappa shape index (κ3) is 4.98. The van der Waals surface area contributed by atoms with Gasteiger partial charge in [0.25, 0.3) is 15.9 Å². The van der Waals surface area contributed by atoms with Gasteiger partial charge >= 0.3 is 0 Å². The number of halogens is 2. The van der Waals surface area contributed by atoms with E-state index in [1.54, 1.807) is 23.6 Å². The molecule has 1 amide bonds. The number of anilines is 1. The highest BCUT2D eigenvalue weighted by Gasteiger charge is 2.16. The molecule has 2 N–H and O–H groups in total. The number of benzene rings is 2. The van der Waals surface area contributed by atoms with E-state index in [0.29, 0.717) is 15.6 Å². The van der Waals surface area contributed by atoms with E-state index in [0.717, 1.165) is 5.56 Å². The maximum Gasteiger partial charge on any atom is 0.263 e. The van der Waals surface area contributed by atoms with Crippen molar-refractivity contribution in [2.24, 2.45) is 0 Å². The van der Waals surface area contributed by atoms with E-state index in [1.165, 1.54) is 41.8 Å². The van der Waals surface area contributed by atoms with Crippen LogP contribution in [0.5, 0.6) is 0 Å². The molecule has 0 saturated carbocycles. The maximum absolute atomic E-state index is 12.3. The summed E-state index contributed by atoms with van der Waals surface area (Å²) in [5.74, 6) is -0.335. The number of hydrogen-bond acceptors (Lipinski definition) is 5. The number of aromatic nitrogens is 1. The summed E-state index contributed by atoms with van der Waals surface area (Å²) in [6.45, 7) is 0.265. The molecule has 0 atom stereocenters. The fraction of sp³-hybridized carbons (Fsp3) is 0.0588. The molecule has 0 saturated heterocycles. The molecule has 0 aliphatic rings. The SMILES string of the molecule is O=C(NCc1ccc(Cl)c(Cl)c1)c1ccc(S(=O)(=O)Nc2nccs2)cc1. The third-order valence-corrected chi connectivity index (χ3v) is 6.43. The smallest absolute Gasteiger partial charge is 0.263 e. The van der Waals surface area contributed by atoms with E-state index in [2.05, 4.69) is 15.0 Å². The van der Waals surface area contributed by atoms with Gasteiger partial charge in [0.05, 0.1) is 14.9 Å². The second-order valence-corrected chi connectivity index (χ2v) is 8.79. The summed E-state index contributed by atoms with van der Waals surface area (Å²) in [6.07, 6.45) is 1.50. The molecule has 2 aromatic carbocycles. The molecular weight excluding hydrogens is 429 g/mol. The van der Waals surface area contributed by atoms with Gasteiger partial charge in [0.2, 0.25) is 0 Å². The van der Waals surface area contributed by atoms with Crippen LogP contribution in [-0.2, 0) is 16.6 Å². The first-order valence-electron chi connectivity index (χ1n) is 7.60. The van der Waals surface area contributed by atoms with Gasteiger partial charge in [0.1, 0.15) is 0 Å². The zero-order valence-electron chi connectivity index (χ0n) is 13.6. The molecule has 0 aliphatic heterocycles. The number of nitrogens with one attached hydrogen (secondary N) is 2. The largest absolute Gasteiger partial charge is 0.348 e. The first kappa shape index (κ1) is 19.6. The van der Waals surface area contributed by atoms with E-state index >= 15 is 0 Å². The summed E-state index contributed by atoms with van der Waals surface area (Å²) in [6, 6.07) is 10.7. The van der Waals surface area contributed by atoms with E-state index in [9.17, 15) is 13.2 Å². The Labute approximate surface area is 170 Å². The minimum atomic E-state index is -3.75. The van der Waals surface area contributed by atoms with Crippen LogP contribution in [0.4, 0.5) is 5.13 Å². The van der Waals surface area contributed by atoms with Gasteiger partial charge in [0.15, 0.2) is 5.13 Å². The van der Waals surface area contributed by atoms with E-state index in [-0.39, 0.29) is 22.5 Å². The number of carbonyl (C=O) groups excluding carboxylic acids is 1. The quantitative estimate of drug-likeness (QED) is 0.600. The van der Waals surface area contributed by atoms with Crippen LogP contribution in [0.15, 0.2) is 58.9 Å². The van der Waals surface area contributed by atoms with Gasteiger partial charge in [-0.05, 0) is 42.0 Å². The van der Waals surface area contributed by atoms with Crippen LogP contribution in [0.1, 0.15) is 15.9 Å². The van der Waals surface area contributed by atoms with Gasteiger partial charge in [-0.1, -0.05) is 29.3 Å². The lowest BCUT2D eigenvalue weighted by molar-refractivity contribution is 0.0951. The molecule has 27 heavy (non-hydrogen) atoms. The van der Waals surface area contributed by atoms with Crippen molar-refractivity contribution in [3.63, 3.8) is 0 Å². The number of sulfonamides is 1. The number of rotatable bonds is 6. The van der Waals surface area contributed by atoms with Crippen molar-refractivity contribution in [1.29, 1.82) is 0 Å². The van der Waals surface area contributed by atoms with Crippen LogP contribution in [0.3, 0.4) is 0 Å². The topological polar surface area (TPSA) is 88.2 Å². The highest BCUT2D eigenvalue weighted by atomic mass is 35.5. The first-order chi connectivity index (χ1) is 12.8. The Bertz CT molecular complexity index is 1050. The average Bonchev–Trinajstić information content (AvgIpc) is 3.15. The molecule has 1 aromatic heterocycles. The molecule has 3 rings (SSSR count). The Morgan fingerprint density at radius 1 is 1.07 bits per heavy atom. The molecule has 0 aliphatic carbocycles. The van der Waals surface area contributed by atoms with E-state index in [4.69, 9.17) is 23.2 Å². The van der Waals surface area contributed by atoms with Crippen LogP contribution in [0, 0.1) is 0 Å². The van der Waals surface area contributed by atoms with Crippen LogP contribution in [-0.4, -0.2) is 19.3 Å². The summed E-state index contributed by atoms with van der Waals surface area (Å²) in [7, 11) is -3.75. The van der Waals surface area contributed by atoms with E-state index in [1.807, 2.05) is 0 Å². The normalized spacial score (nSPS) is 11.2. The fourth-order valence-electron chi connectivity index (χ4n) is 2.17. The highest BCUT2D eigenvalue weighted by Crippen LogP contribution is 2.22. The summed E-state index contributed by atoms with van der Waals surface area (Å²) in [4.78, 5) is 16.2. The first-order valence-corrected chi connectivity index (χ1v) is 10.7. The van der Waals surface area contributed by atoms with Gasteiger partial charge in [-0.25, -0.2) is 13.4 Å². The number of hydrogen-bond donors (Lipinski definition) is 2. The van der Waals surface area contributed by atoms with Crippen LogP contribution < -0.4 is 10.0 Å². The number of amides is 1. The predicted octanol–water partition coefficient (Wildman–Crippen LogP) is 4.18. The van der Waals surface area contributed by atoms with Crippen molar-refractivity contribution in [2.75, 3.05) is 4.72 Å². The van der Waals surface area contributed by atoms with Crippen molar-refractivity contribution in [2.45, 2.75) is 11.4 Å². The average molecular weight is 442 g/mol. The van der Waals surface area contributed by atoms with E-state index < -0.39 is 10.0 Å². The molecule has 0 radical (unpaired) electrons. The zero-order chi connectivity index (χ0) is 19.4. The van der Waals surface area contributed by atoms with Crippen LogP contribution in [0.25, 0.3) is 0 Å². The zero-order valence-corrected chi connectivity index (χ0v) is 16.8. The van der Waals surface area contributed by atoms with Crippen molar-refractivity contribution < 1.29 is 13.2 Å². The second kappa shape index (κ2) is 8.26. The van der Waals surface area contributed by atoms with Crippen molar-refractivity contribution in [3.05, 3.63) is 75.2 Å². The molecule has 1 heterocycles. The molecular formula is C17H13Cl2N3O3S2. The molecule has 3 aromatic rings. The Morgan fingerprint density at radius 3 is 2.44 bits per heavy atom. The molecule has 0 fully saturated rings. The standard InChI is InChI=1S/C17H13Cl2N3O3S2/c18-14-6-1-11(9-15(14)19)10-21-16(23)12-2-4-13(5-3-12)27(24,25)22-17-20-7-8-26-17/h1-9H,10H2,(H,20,22)(H,21,23). The predicted molar refractivity (Wildman–Crippen MR) is 107 cm³/mol. The monoisotopic (exact) mass is 441 g/mol. The van der Waals surface area contributed by atoms with Crippen molar-refractivity contribution in [3.8, 4) is 0 Å². The van der Waals surface area contributed by atoms with Gasteiger partial charge in [-0.3, -0.25) is 9.52 Å². The minimum absolute atomic E-state index is 0.0405. The lowest BCUT2D eigenvalue weighted by Gasteiger charge is -2.08. The minimum Gasteiger partial charge on any atom is -0.348 e. The third-order valence-electron chi connectivity index (χ3n) is 3.52. The summed E-state index contributed by atoms with van der Waals surface area (Å²) >= 11 is 13.0. The Kier molecular flexibility index (Phi) is 6.01. The molecule has 140 valence electrons. The molecule has 6 nitrogen and oxygen atoms in total. The Balaban J connectivity index is 1.65. The Morgan fingerprint density at radius 2 is 1.81 bits per heavy atom. The lowest BCUT2D eigenvalue weighted by Crippen LogP contribution is -2.23. The fourth-order valence-corrected chi connectivity index (χ4v) is 4.28. The van der Waals surface area contributed by atoms with Gasteiger partial charge in [-0.15, -0.1) is 11.3 Å². The molecule has 0 bridgehead atoms. The lowest BCUT2D eigenvalue weighted by atomic mass is 10.2. The second-order valence-electron chi connectivity index (χ2n) is 5.40. The summed E-state index contributed by atoms with van der Waals surface area (Å²) < 4.78 is 26.9. The van der Waals surface area contributed by atoms with Crippen molar-refractivity contribution in [1.82, 2.24) is 10.3 Å². The molecule has 0 spiro atoms. The Hall–Kier alpha value is -2.13. The van der Waals surface area contributed by atoms with Gasteiger partial charge < -0.3 is 5.32 Å². The highest BCUT2D eigenvalue weighted by molar-refractivity contribution is 7.93. The maximum atomic E-state index is 12.3. The van der Waals surface area contributed by atoms with Crippen LogP contribution >= 0.6 is 34.5 Å². The van der Waals surface area contributed by atoms with Gasteiger partial charge in [-0.2, -0.15) is 0 Å². The molecule has 10 heteroatoms. The number of nitrogens with zero attached hydrogens (tertiary/aromatic N) is 1. The summed E-state index contributed by atoms with van der Waals surface area (Å²) in [5.41, 5.74) is 1.13. The number of thiazole rings is 1. The molecule has 0 unspecified atom stereocenters. The summed E-state index contributed by atoms with van der Waals surface area (Å²) in [5, 5.41) is 5.53. The van der Waals surface area contributed by atoms with Gasteiger partial charge in [0, 0.05) is 23.7 Å². The number of carbonyl (C=O) groups is 1.